The van der Waals surface area contributed by atoms with Crippen molar-refractivity contribution in [1.29, 1.82) is 0 Å². The first kappa shape index (κ1) is 13.5. The number of aliphatic hydroxyl groups is 1. The molecule has 5 heteroatoms. The van der Waals surface area contributed by atoms with Crippen molar-refractivity contribution in [1.82, 2.24) is 20.1 Å². The fourth-order valence-corrected chi connectivity index (χ4v) is 2.72. The highest BCUT2D eigenvalue weighted by Crippen LogP contribution is 2.23. The van der Waals surface area contributed by atoms with Gasteiger partial charge in [-0.25, -0.2) is 4.98 Å². The molecule has 0 aromatic carbocycles. The van der Waals surface area contributed by atoms with Gasteiger partial charge in [0.25, 0.3) is 0 Å². The molecule has 1 fully saturated rings. The monoisotopic (exact) mass is 252 g/mol. The van der Waals surface area contributed by atoms with Crippen molar-refractivity contribution < 1.29 is 5.11 Å². The maximum Gasteiger partial charge on any atom is 0.150 e. The lowest BCUT2D eigenvalue weighted by molar-refractivity contribution is 0.114. The molecule has 1 heterocycles. The van der Waals surface area contributed by atoms with Crippen LogP contribution in [-0.4, -0.2) is 44.4 Å². The third-order valence-corrected chi connectivity index (χ3v) is 3.73. The van der Waals surface area contributed by atoms with Gasteiger partial charge in [0.1, 0.15) is 11.6 Å². The van der Waals surface area contributed by atoms with Gasteiger partial charge in [0.05, 0.1) is 13.2 Å². The minimum Gasteiger partial charge on any atom is -0.395 e. The SMILES string of the molecule is CCc1n[nH]c(CN(CCO)C2CCCCC2)n1. The van der Waals surface area contributed by atoms with Crippen molar-refractivity contribution >= 4 is 0 Å². The molecular weight excluding hydrogens is 228 g/mol. The number of hydrogen-bond acceptors (Lipinski definition) is 4. The highest BCUT2D eigenvalue weighted by Gasteiger charge is 2.21. The summed E-state index contributed by atoms with van der Waals surface area (Å²) in [5, 5.41) is 16.4. The minimum atomic E-state index is 0.214. The Morgan fingerprint density at radius 1 is 1.33 bits per heavy atom. The van der Waals surface area contributed by atoms with Crippen LogP contribution in [-0.2, 0) is 13.0 Å². The van der Waals surface area contributed by atoms with Gasteiger partial charge in [-0.3, -0.25) is 10.00 Å². The third kappa shape index (κ3) is 3.53. The highest BCUT2D eigenvalue weighted by molar-refractivity contribution is 4.91. The molecule has 102 valence electrons. The summed E-state index contributed by atoms with van der Waals surface area (Å²) in [6, 6.07) is 0.598. The van der Waals surface area contributed by atoms with E-state index in [9.17, 15) is 5.11 Å². The van der Waals surface area contributed by atoms with E-state index in [0.717, 1.165) is 31.2 Å². The first-order chi connectivity index (χ1) is 8.83. The Hall–Kier alpha value is -0.940. The third-order valence-electron chi connectivity index (χ3n) is 3.73. The maximum atomic E-state index is 9.21. The van der Waals surface area contributed by atoms with E-state index in [4.69, 9.17) is 0 Å². The molecule has 0 saturated heterocycles. The molecule has 0 atom stereocenters. The second-order valence-corrected chi connectivity index (χ2v) is 5.04. The van der Waals surface area contributed by atoms with E-state index in [1.54, 1.807) is 0 Å². The Bertz CT molecular complexity index is 347. The van der Waals surface area contributed by atoms with Gasteiger partial charge in [0.2, 0.25) is 0 Å². The molecule has 1 aliphatic rings. The predicted molar refractivity (Wildman–Crippen MR) is 70.1 cm³/mol. The summed E-state index contributed by atoms with van der Waals surface area (Å²) >= 11 is 0. The average molecular weight is 252 g/mol. The zero-order valence-electron chi connectivity index (χ0n) is 11.2. The number of aromatic nitrogens is 3. The lowest BCUT2D eigenvalue weighted by Gasteiger charge is -2.33. The molecule has 0 aliphatic heterocycles. The van der Waals surface area contributed by atoms with Crippen molar-refractivity contribution in [3.05, 3.63) is 11.6 Å². The van der Waals surface area contributed by atoms with Crippen molar-refractivity contribution in [3.63, 3.8) is 0 Å². The Balaban J connectivity index is 1.95. The van der Waals surface area contributed by atoms with E-state index < -0.39 is 0 Å². The molecule has 0 bridgehead atoms. The van der Waals surface area contributed by atoms with Gasteiger partial charge < -0.3 is 5.11 Å². The van der Waals surface area contributed by atoms with E-state index in [2.05, 4.69) is 27.0 Å². The predicted octanol–water partition coefficient (Wildman–Crippen LogP) is 1.49. The van der Waals surface area contributed by atoms with E-state index >= 15 is 0 Å². The second-order valence-electron chi connectivity index (χ2n) is 5.04. The van der Waals surface area contributed by atoms with Gasteiger partial charge in [-0.05, 0) is 12.8 Å². The molecule has 0 amide bonds. The summed E-state index contributed by atoms with van der Waals surface area (Å²) < 4.78 is 0. The van der Waals surface area contributed by atoms with Crippen LogP contribution in [0.15, 0.2) is 0 Å². The number of rotatable bonds is 6. The van der Waals surface area contributed by atoms with Crippen LogP contribution >= 0.6 is 0 Å². The average Bonchev–Trinajstić information content (AvgIpc) is 2.87. The maximum absolute atomic E-state index is 9.21. The zero-order chi connectivity index (χ0) is 12.8. The lowest BCUT2D eigenvalue weighted by Crippen LogP contribution is -2.38. The van der Waals surface area contributed by atoms with Crippen LogP contribution in [0, 0.1) is 0 Å². The zero-order valence-corrected chi connectivity index (χ0v) is 11.2. The van der Waals surface area contributed by atoms with Crippen molar-refractivity contribution in [2.24, 2.45) is 0 Å². The van der Waals surface area contributed by atoms with Crippen molar-refractivity contribution in [2.45, 2.75) is 58.0 Å². The second kappa shape index (κ2) is 6.85. The van der Waals surface area contributed by atoms with Crippen LogP contribution < -0.4 is 0 Å². The summed E-state index contributed by atoms with van der Waals surface area (Å²) in [6.07, 6.45) is 7.32. The van der Waals surface area contributed by atoms with Gasteiger partial charge in [0.15, 0.2) is 0 Å². The number of nitrogens with one attached hydrogen (secondary N) is 1. The first-order valence-corrected chi connectivity index (χ1v) is 7.08. The van der Waals surface area contributed by atoms with Crippen LogP contribution in [0.5, 0.6) is 0 Å². The number of aliphatic hydroxyl groups excluding tert-OH is 1. The molecule has 2 rings (SSSR count). The summed E-state index contributed by atoms with van der Waals surface area (Å²) in [7, 11) is 0. The topological polar surface area (TPSA) is 65.0 Å². The first-order valence-electron chi connectivity index (χ1n) is 7.08. The van der Waals surface area contributed by atoms with E-state index in [1.807, 2.05) is 0 Å². The molecule has 0 radical (unpaired) electrons. The Kier molecular flexibility index (Phi) is 5.13. The van der Waals surface area contributed by atoms with E-state index in [-0.39, 0.29) is 6.61 Å². The van der Waals surface area contributed by atoms with E-state index in [0.29, 0.717) is 6.04 Å². The molecule has 0 spiro atoms. The molecular formula is C13H24N4O. The van der Waals surface area contributed by atoms with Crippen molar-refractivity contribution in [2.75, 3.05) is 13.2 Å². The fourth-order valence-electron chi connectivity index (χ4n) is 2.72. The lowest BCUT2D eigenvalue weighted by atomic mass is 9.94. The van der Waals surface area contributed by atoms with Gasteiger partial charge in [-0.15, -0.1) is 0 Å². The molecule has 1 aliphatic carbocycles. The molecule has 18 heavy (non-hydrogen) atoms. The molecule has 2 N–H and O–H groups in total. The summed E-state index contributed by atoms with van der Waals surface area (Å²) in [5.74, 6) is 1.79. The van der Waals surface area contributed by atoms with Crippen LogP contribution in [0.1, 0.15) is 50.7 Å². The summed E-state index contributed by atoms with van der Waals surface area (Å²) in [4.78, 5) is 6.80. The number of aromatic amines is 1. The molecule has 1 saturated carbocycles. The van der Waals surface area contributed by atoms with Crippen molar-refractivity contribution in [3.8, 4) is 0 Å². The van der Waals surface area contributed by atoms with Gasteiger partial charge in [-0.2, -0.15) is 5.10 Å². The van der Waals surface area contributed by atoms with Crippen LogP contribution in [0.3, 0.4) is 0 Å². The smallest absolute Gasteiger partial charge is 0.150 e. The summed E-state index contributed by atoms with van der Waals surface area (Å²) in [5.41, 5.74) is 0. The highest BCUT2D eigenvalue weighted by atomic mass is 16.3. The fraction of sp³-hybridized carbons (Fsp3) is 0.846. The quantitative estimate of drug-likeness (QED) is 0.805. The number of H-pyrrole nitrogens is 1. The molecule has 1 aromatic rings. The Labute approximate surface area is 109 Å². The van der Waals surface area contributed by atoms with Crippen LogP contribution in [0.4, 0.5) is 0 Å². The van der Waals surface area contributed by atoms with Gasteiger partial charge >= 0.3 is 0 Å². The number of nitrogens with zero attached hydrogens (tertiary/aromatic N) is 3. The van der Waals surface area contributed by atoms with Crippen LogP contribution in [0.25, 0.3) is 0 Å². The molecule has 5 nitrogen and oxygen atoms in total. The van der Waals surface area contributed by atoms with Crippen LogP contribution in [0.2, 0.25) is 0 Å². The number of hydrogen-bond donors (Lipinski definition) is 2. The summed E-state index contributed by atoms with van der Waals surface area (Å²) in [6.45, 7) is 3.77. The standard InChI is InChI=1S/C13H24N4O/c1-2-12-14-13(16-15-12)10-17(8-9-18)11-6-4-3-5-7-11/h11,18H,2-10H2,1H3,(H,14,15,16). The molecule has 1 aromatic heterocycles. The van der Waals surface area contributed by atoms with Gasteiger partial charge in [-0.1, -0.05) is 26.2 Å². The van der Waals surface area contributed by atoms with E-state index in [1.165, 1.54) is 32.1 Å². The largest absolute Gasteiger partial charge is 0.395 e. The number of aryl methyl sites for hydroxylation is 1. The Morgan fingerprint density at radius 2 is 2.11 bits per heavy atom. The van der Waals surface area contributed by atoms with Gasteiger partial charge in [0, 0.05) is 19.0 Å². The Morgan fingerprint density at radius 3 is 2.72 bits per heavy atom. The normalized spacial score (nSPS) is 17.5. The molecule has 0 unspecified atom stereocenters. The minimum absolute atomic E-state index is 0.214.